The molecule has 0 aliphatic rings. The summed E-state index contributed by atoms with van der Waals surface area (Å²) in [6, 6.07) is 0. The smallest absolute Gasteiger partial charge is 0.0575 e. The van der Waals surface area contributed by atoms with Gasteiger partial charge in [0.05, 0.1) is 6.61 Å². The molecule has 0 unspecified atom stereocenters. The van der Waals surface area contributed by atoms with E-state index in [0.29, 0.717) is 0 Å². The molecule has 0 heterocycles. The predicted molar refractivity (Wildman–Crippen MR) is 67.5 cm³/mol. The number of rotatable bonds is 11. The SMILES string of the molecule is CC#CCCOCCCNCCCOCC. The second-order valence-electron chi connectivity index (χ2n) is 3.44. The Hall–Kier alpha value is -0.560. The van der Waals surface area contributed by atoms with E-state index in [1.54, 1.807) is 0 Å². The molecule has 0 aliphatic heterocycles. The fraction of sp³-hybridized carbons (Fsp3) is 0.846. The lowest BCUT2D eigenvalue weighted by molar-refractivity contribution is 0.135. The molecule has 0 saturated carbocycles. The summed E-state index contributed by atoms with van der Waals surface area (Å²) in [6.07, 6.45) is 2.99. The summed E-state index contributed by atoms with van der Waals surface area (Å²) in [4.78, 5) is 0. The summed E-state index contributed by atoms with van der Waals surface area (Å²) in [7, 11) is 0. The van der Waals surface area contributed by atoms with E-state index in [1.807, 2.05) is 13.8 Å². The highest BCUT2D eigenvalue weighted by atomic mass is 16.5. The van der Waals surface area contributed by atoms with Crippen molar-refractivity contribution < 1.29 is 9.47 Å². The highest BCUT2D eigenvalue weighted by molar-refractivity contribution is 4.94. The maximum Gasteiger partial charge on any atom is 0.0575 e. The summed E-state index contributed by atoms with van der Waals surface area (Å²) in [5.74, 6) is 5.82. The Labute approximate surface area is 99.9 Å². The minimum absolute atomic E-state index is 0.755. The van der Waals surface area contributed by atoms with Crippen molar-refractivity contribution in [2.24, 2.45) is 0 Å². The van der Waals surface area contributed by atoms with Crippen LogP contribution in [0.15, 0.2) is 0 Å². The molecule has 0 amide bonds. The van der Waals surface area contributed by atoms with Crippen LogP contribution in [0.2, 0.25) is 0 Å². The van der Waals surface area contributed by atoms with Crippen molar-refractivity contribution >= 4 is 0 Å². The first kappa shape index (κ1) is 15.4. The Kier molecular flexibility index (Phi) is 13.9. The Morgan fingerprint density at radius 2 is 1.69 bits per heavy atom. The van der Waals surface area contributed by atoms with Crippen LogP contribution in [-0.4, -0.2) is 39.5 Å². The molecular formula is C13H25NO2. The zero-order chi connectivity index (χ0) is 11.9. The van der Waals surface area contributed by atoms with Gasteiger partial charge in [-0.15, -0.1) is 11.8 Å². The molecule has 0 spiro atoms. The van der Waals surface area contributed by atoms with E-state index in [2.05, 4.69) is 17.2 Å². The van der Waals surface area contributed by atoms with Gasteiger partial charge >= 0.3 is 0 Å². The van der Waals surface area contributed by atoms with Crippen LogP contribution >= 0.6 is 0 Å². The van der Waals surface area contributed by atoms with Crippen molar-refractivity contribution in [2.75, 3.05) is 39.5 Å². The third-order valence-electron chi connectivity index (χ3n) is 2.04. The van der Waals surface area contributed by atoms with Crippen LogP contribution in [0.3, 0.4) is 0 Å². The summed E-state index contributed by atoms with van der Waals surface area (Å²) in [6.45, 7) is 9.17. The first-order valence-corrected chi connectivity index (χ1v) is 6.17. The monoisotopic (exact) mass is 227 g/mol. The standard InChI is InChI=1S/C13H25NO2/c1-3-5-6-11-16-13-8-10-14-9-7-12-15-4-2/h14H,4,6-13H2,1-2H3. The minimum atomic E-state index is 0.755. The van der Waals surface area contributed by atoms with Crippen molar-refractivity contribution in [1.82, 2.24) is 5.32 Å². The van der Waals surface area contributed by atoms with Crippen molar-refractivity contribution in [3.8, 4) is 11.8 Å². The molecule has 0 saturated heterocycles. The molecule has 0 rings (SSSR count). The molecule has 16 heavy (non-hydrogen) atoms. The van der Waals surface area contributed by atoms with Gasteiger partial charge in [-0.3, -0.25) is 0 Å². The minimum Gasteiger partial charge on any atom is -0.382 e. The summed E-state index contributed by atoms with van der Waals surface area (Å²) in [5.41, 5.74) is 0. The first-order chi connectivity index (χ1) is 7.91. The Balaban J connectivity index is 2.89. The molecule has 0 aliphatic carbocycles. The fourth-order valence-electron chi connectivity index (χ4n) is 1.22. The molecule has 3 nitrogen and oxygen atoms in total. The average Bonchev–Trinajstić information content (AvgIpc) is 2.31. The van der Waals surface area contributed by atoms with E-state index in [-0.39, 0.29) is 0 Å². The highest BCUT2D eigenvalue weighted by Crippen LogP contribution is 1.85. The Morgan fingerprint density at radius 1 is 1.00 bits per heavy atom. The Bertz CT molecular complexity index is 184. The number of ether oxygens (including phenoxy) is 2. The summed E-state index contributed by atoms with van der Waals surface area (Å²) in [5, 5.41) is 3.36. The molecule has 3 heteroatoms. The van der Waals surface area contributed by atoms with Gasteiger partial charge in [0.25, 0.3) is 0 Å². The van der Waals surface area contributed by atoms with Crippen LogP contribution < -0.4 is 5.32 Å². The molecule has 0 atom stereocenters. The lowest BCUT2D eigenvalue weighted by Gasteiger charge is -2.05. The molecular weight excluding hydrogens is 202 g/mol. The van der Waals surface area contributed by atoms with Gasteiger partial charge in [-0.1, -0.05) is 0 Å². The van der Waals surface area contributed by atoms with Gasteiger partial charge in [0, 0.05) is 26.2 Å². The molecule has 94 valence electrons. The molecule has 0 bridgehead atoms. The zero-order valence-corrected chi connectivity index (χ0v) is 10.7. The highest BCUT2D eigenvalue weighted by Gasteiger charge is 1.90. The maximum absolute atomic E-state index is 5.41. The second-order valence-corrected chi connectivity index (χ2v) is 3.44. The van der Waals surface area contributed by atoms with Crippen LogP contribution in [0.5, 0.6) is 0 Å². The maximum atomic E-state index is 5.41. The van der Waals surface area contributed by atoms with Gasteiger partial charge in [0.1, 0.15) is 0 Å². The lowest BCUT2D eigenvalue weighted by Crippen LogP contribution is -2.19. The molecule has 0 aromatic heterocycles. The largest absolute Gasteiger partial charge is 0.382 e. The molecule has 0 aromatic carbocycles. The van der Waals surface area contributed by atoms with E-state index in [4.69, 9.17) is 9.47 Å². The summed E-state index contributed by atoms with van der Waals surface area (Å²) >= 11 is 0. The quantitative estimate of drug-likeness (QED) is 0.431. The van der Waals surface area contributed by atoms with Crippen molar-refractivity contribution in [3.05, 3.63) is 0 Å². The fourth-order valence-corrected chi connectivity index (χ4v) is 1.22. The molecule has 0 radical (unpaired) electrons. The van der Waals surface area contributed by atoms with Gasteiger partial charge in [0.15, 0.2) is 0 Å². The van der Waals surface area contributed by atoms with Crippen LogP contribution in [-0.2, 0) is 9.47 Å². The van der Waals surface area contributed by atoms with E-state index < -0.39 is 0 Å². The van der Waals surface area contributed by atoms with Gasteiger partial charge in [-0.25, -0.2) is 0 Å². The van der Waals surface area contributed by atoms with Gasteiger partial charge in [0.2, 0.25) is 0 Å². The van der Waals surface area contributed by atoms with Gasteiger partial charge in [-0.05, 0) is 39.8 Å². The van der Waals surface area contributed by atoms with Gasteiger partial charge < -0.3 is 14.8 Å². The van der Waals surface area contributed by atoms with Gasteiger partial charge in [-0.2, -0.15) is 0 Å². The number of hydrogen-bond donors (Lipinski definition) is 1. The third-order valence-corrected chi connectivity index (χ3v) is 2.04. The number of hydrogen-bond acceptors (Lipinski definition) is 3. The molecule has 0 fully saturated rings. The Morgan fingerprint density at radius 3 is 2.31 bits per heavy atom. The second kappa shape index (κ2) is 14.4. The van der Waals surface area contributed by atoms with Crippen LogP contribution in [0.25, 0.3) is 0 Å². The predicted octanol–water partition coefficient (Wildman–Crippen LogP) is 1.82. The van der Waals surface area contributed by atoms with Crippen LogP contribution in [0.4, 0.5) is 0 Å². The normalized spacial score (nSPS) is 9.88. The molecule has 1 N–H and O–H groups in total. The summed E-state index contributed by atoms with van der Waals surface area (Å²) < 4.78 is 10.7. The van der Waals surface area contributed by atoms with Crippen LogP contribution in [0.1, 0.15) is 33.1 Å². The van der Waals surface area contributed by atoms with E-state index in [1.165, 1.54) is 0 Å². The van der Waals surface area contributed by atoms with Crippen molar-refractivity contribution in [3.63, 3.8) is 0 Å². The van der Waals surface area contributed by atoms with E-state index in [0.717, 1.165) is 58.8 Å². The van der Waals surface area contributed by atoms with Crippen molar-refractivity contribution in [1.29, 1.82) is 0 Å². The zero-order valence-electron chi connectivity index (χ0n) is 10.7. The van der Waals surface area contributed by atoms with E-state index >= 15 is 0 Å². The topological polar surface area (TPSA) is 30.5 Å². The first-order valence-electron chi connectivity index (χ1n) is 6.17. The number of nitrogens with one attached hydrogen (secondary N) is 1. The third kappa shape index (κ3) is 13.4. The lowest BCUT2D eigenvalue weighted by atomic mass is 10.4. The molecule has 0 aromatic rings. The van der Waals surface area contributed by atoms with E-state index in [9.17, 15) is 0 Å². The average molecular weight is 227 g/mol. The van der Waals surface area contributed by atoms with Crippen molar-refractivity contribution in [2.45, 2.75) is 33.1 Å². The van der Waals surface area contributed by atoms with Crippen LogP contribution in [0, 0.1) is 11.8 Å².